The van der Waals surface area contributed by atoms with Gasteiger partial charge in [0.15, 0.2) is 5.82 Å². The number of carbonyl (C=O) groups is 1. The normalized spacial score (nSPS) is 12.8. The molecule has 6 heteroatoms. The molecule has 0 bridgehead atoms. The Balaban J connectivity index is 1.81. The molecule has 0 unspecified atom stereocenters. The van der Waals surface area contributed by atoms with Gasteiger partial charge in [0.05, 0.1) is 0 Å². The van der Waals surface area contributed by atoms with Crippen LogP contribution < -0.4 is 10.2 Å². The predicted octanol–water partition coefficient (Wildman–Crippen LogP) is 1.99. The zero-order chi connectivity index (χ0) is 16.9. The SMILES string of the molecule is CC(=O)NCCCN(C)c1nc(-c2ccncc2)nc2c1CCC2. The van der Waals surface area contributed by atoms with Gasteiger partial charge in [-0.2, -0.15) is 0 Å². The number of hydrogen-bond acceptors (Lipinski definition) is 5. The first kappa shape index (κ1) is 16.4. The van der Waals surface area contributed by atoms with Crippen molar-refractivity contribution in [2.75, 3.05) is 25.0 Å². The van der Waals surface area contributed by atoms with E-state index < -0.39 is 0 Å². The van der Waals surface area contributed by atoms with Crippen LogP contribution in [-0.2, 0) is 17.6 Å². The number of pyridine rings is 1. The van der Waals surface area contributed by atoms with Gasteiger partial charge < -0.3 is 10.2 Å². The Morgan fingerprint density at radius 3 is 2.79 bits per heavy atom. The fourth-order valence-electron chi connectivity index (χ4n) is 3.05. The van der Waals surface area contributed by atoms with Gasteiger partial charge in [-0.1, -0.05) is 0 Å². The van der Waals surface area contributed by atoms with Gasteiger partial charge in [0.2, 0.25) is 5.91 Å². The van der Waals surface area contributed by atoms with Crippen LogP contribution in [0.4, 0.5) is 5.82 Å². The summed E-state index contributed by atoms with van der Waals surface area (Å²) in [6.07, 6.45) is 7.61. The van der Waals surface area contributed by atoms with Crippen LogP contribution in [0.15, 0.2) is 24.5 Å². The molecule has 24 heavy (non-hydrogen) atoms. The van der Waals surface area contributed by atoms with Crippen LogP contribution in [0.1, 0.15) is 31.0 Å². The molecular formula is C18H23N5O. The summed E-state index contributed by atoms with van der Waals surface area (Å²) >= 11 is 0. The number of nitrogens with one attached hydrogen (secondary N) is 1. The van der Waals surface area contributed by atoms with Gasteiger partial charge in [0.1, 0.15) is 5.82 Å². The van der Waals surface area contributed by atoms with Crippen molar-refractivity contribution in [1.82, 2.24) is 20.3 Å². The Morgan fingerprint density at radius 1 is 1.25 bits per heavy atom. The Labute approximate surface area is 142 Å². The maximum atomic E-state index is 11.0. The average Bonchev–Trinajstić information content (AvgIpc) is 3.06. The lowest BCUT2D eigenvalue weighted by Crippen LogP contribution is -2.27. The first-order chi connectivity index (χ1) is 11.6. The molecule has 0 saturated heterocycles. The molecule has 0 spiro atoms. The summed E-state index contributed by atoms with van der Waals surface area (Å²) in [6, 6.07) is 3.88. The zero-order valence-corrected chi connectivity index (χ0v) is 14.2. The minimum atomic E-state index is 0.0144. The highest BCUT2D eigenvalue weighted by Gasteiger charge is 2.21. The number of aryl methyl sites for hydroxylation is 1. The topological polar surface area (TPSA) is 71.0 Å². The molecule has 0 fully saturated rings. The highest BCUT2D eigenvalue weighted by atomic mass is 16.1. The molecule has 1 aliphatic rings. The Kier molecular flexibility index (Phi) is 5.03. The summed E-state index contributed by atoms with van der Waals surface area (Å²) in [5.74, 6) is 1.80. The maximum absolute atomic E-state index is 11.0. The molecule has 2 aromatic rings. The van der Waals surface area contributed by atoms with Crippen molar-refractivity contribution in [1.29, 1.82) is 0 Å². The van der Waals surface area contributed by atoms with E-state index in [4.69, 9.17) is 9.97 Å². The summed E-state index contributed by atoms with van der Waals surface area (Å²) in [5, 5.41) is 2.84. The number of hydrogen-bond donors (Lipinski definition) is 1. The third kappa shape index (κ3) is 3.69. The summed E-state index contributed by atoms with van der Waals surface area (Å²) in [4.78, 5) is 26.8. The van der Waals surface area contributed by atoms with Crippen LogP contribution in [0.3, 0.4) is 0 Å². The predicted molar refractivity (Wildman–Crippen MR) is 93.9 cm³/mol. The molecule has 1 N–H and O–H groups in total. The molecule has 0 aromatic carbocycles. The third-order valence-corrected chi connectivity index (χ3v) is 4.26. The molecule has 0 saturated carbocycles. The van der Waals surface area contributed by atoms with Gasteiger partial charge in [-0.05, 0) is 37.8 Å². The van der Waals surface area contributed by atoms with Crippen molar-refractivity contribution in [3.05, 3.63) is 35.8 Å². The first-order valence-corrected chi connectivity index (χ1v) is 8.41. The zero-order valence-electron chi connectivity index (χ0n) is 14.2. The van der Waals surface area contributed by atoms with Crippen LogP contribution in [0.25, 0.3) is 11.4 Å². The highest BCUT2D eigenvalue weighted by Crippen LogP contribution is 2.30. The van der Waals surface area contributed by atoms with E-state index in [0.717, 1.165) is 49.4 Å². The number of aromatic nitrogens is 3. The molecule has 3 rings (SSSR count). The van der Waals surface area contributed by atoms with Crippen LogP contribution in [0.2, 0.25) is 0 Å². The van der Waals surface area contributed by atoms with E-state index in [9.17, 15) is 4.79 Å². The van der Waals surface area contributed by atoms with Crippen molar-refractivity contribution in [3.8, 4) is 11.4 Å². The molecule has 6 nitrogen and oxygen atoms in total. The van der Waals surface area contributed by atoms with Crippen molar-refractivity contribution >= 4 is 11.7 Å². The van der Waals surface area contributed by atoms with E-state index in [1.807, 2.05) is 12.1 Å². The van der Waals surface area contributed by atoms with E-state index in [-0.39, 0.29) is 5.91 Å². The molecule has 2 heterocycles. The second kappa shape index (κ2) is 7.38. The highest BCUT2D eigenvalue weighted by molar-refractivity contribution is 5.72. The fraction of sp³-hybridized carbons (Fsp3) is 0.444. The Bertz CT molecular complexity index is 717. The third-order valence-electron chi connectivity index (χ3n) is 4.26. The molecular weight excluding hydrogens is 302 g/mol. The van der Waals surface area contributed by atoms with Gasteiger partial charge in [0.25, 0.3) is 0 Å². The molecule has 126 valence electrons. The second-order valence-corrected chi connectivity index (χ2v) is 6.14. The smallest absolute Gasteiger partial charge is 0.216 e. The van der Waals surface area contributed by atoms with Crippen molar-refractivity contribution in [2.24, 2.45) is 0 Å². The Morgan fingerprint density at radius 2 is 2.04 bits per heavy atom. The lowest BCUT2D eigenvalue weighted by Gasteiger charge is -2.22. The van der Waals surface area contributed by atoms with Crippen LogP contribution >= 0.6 is 0 Å². The summed E-state index contributed by atoms with van der Waals surface area (Å²) in [6.45, 7) is 3.08. The Hall–Kier alpha value is -2.50. The molecule has 0 radical (unpaired) electrons. The van der Waals surface area contributed by atoms with E-state index in [0.29, 0.717) is 6.54 Å². The van der Waals surface area contributed by atoms with Gasteiger partial charge in [-0.3, -0.25) is 9.78 Å². The number of carbonyl (C=O) groups excluding carboxylic acids is 1. The van der Waals surface area contributed by atoms with Crippen LogP contribution in [0, 0.1) is 0 Å². The van der Waals surface area contributed by atoms with Crippen molar-refractivity contribution < 1.29 is 4.79 Å². The first-order valence-electron chi connectivity index (χ1n) is 8.41. The maximum Gasteiger partial charge on any atom is 0.216 e. The number of fused-ring (bicyclic) bond motifs is 1. The summed E-state index contributed by atoms with van der Waals surface area (Å²) < 4.78 is 0. The standard InChI is InChI=1S/C18H23N5O/c1-13(24)20-9-4-12-23(2)18-15-5-3-6-16(15)21-17(22-18)14-7-10-19-11-8-14/h7-8,10-11H,3-6,9,12H2,1-2H3,(H,20,24). The number of amides is 1. The number of nitrogens with zero attached hydrogens (tertiary/aromatic N) is 4. The lowest BCUT2D eigenvalue weighted by atomic mass is 10.2. The second-order valence-electron chi connectivity index (χ2n) is 6.14. The minimum Gasteiger partial charge on any atom is -0.359 e. The fourth-order valence-corrected chi connectivity index (χ4v) is 3.05. The molecule has 2 aromatic heterocycles. The van der Waals surface area contributed by atoms with E-state index in [2.05, 4.69) is 22.2 Å². The molecule has 1 amide bonds. The number of anilines is 1. The van der Waals surface area contributed by atoms with Gasteiger partial charge >= 0.3 is 0 Å². The van der Waals surface area contributed by atoms with Crippen molar-refractivity contribution in [3.63, 3.8) is 0 Å². The van der Waals surface area contributed by atoms with E-state index >= 15 is 0 Å². The summed E-state index contributed by atoms with van der Waals surface area (Å²) in [5.41, 5.74) is 3.43. The lowest BCUT2D eigenvalue weighted by molar-refractivity contribution is -0.118. The molecule has 1 aliphatic carbocycles. The van der Waals surface area contributed by atoms with Crippen molar-refractivity contribution in [2.45, 2.75) is 32.6 Å². The van der Waals surface area contributed by atoms with Crippen LogP contribution in [-0.4, -0.2) is 41.0 Å². The minimum absolute atomic E-state index is 0.0144. The van der Waals surface area contributed by atoms with Gasteiger partial charge in [-0.15, -0.1) is 0 Å². The largest absolute Gasteiger partial charge is 0.359 e. The van der Waals surface area contributed by atoms with E-state index in [1.165, 1.54) is 11.3 Å². The average molecular weight is 325 g/mol. The number of rotatable bonds is 6. The quantitative estimate of drug-likeness (QED) is 0.823. The van der Waals surface area contributed by atoms with E-state index in [1.54, 1.807) is 19.3 Å². The van der Waals surface area contributed by atoms with Gasteiger partial charge in [0, 0.05) is 56.3 Å². The molecule has 0 aliphatic heterocycles. The molecule has 0 atom stereocenters. The monoisotopic (exact) mass is 325 g/mol. The van der Waals surface area contributed by atoms with Crippen LogP contribution in [0.5, 0.6) is 0 Å². The van der Waals surface area contributed by atoms with Gasteiger partial charge in [-0.25, -0.2) is 9.97 Å². The summed E-state index contributed by atoms with van der Waals surface area (Å²) in [7, 11) is 2.06.